The van der Waals surface area contributed by atoms with Crippen molar-refractivity contribution in [1.29, 1.82) is 0 Å². The molecule has 0 amide bonds. The third kappa shape index (κ3) is 4.82. The highest BCUT2D eigenvalue weighted by Crippen LogP contribution is 2.20. The second-order valence-electron chi connectivity index (χ2n) is 3.78. The summed E-state index contributed by atoms with van der Waals surface area (Å²) in [6.07, 6.45) is 5.50. The standard InChI is InChI=1S/C14H20ClN/c1-16-12-6-10-14(9-5-11-15)13-7-3-2-4-8-13/h2-4,7-8,10,16H,5-6,9,11-12H2,1H3. The van der Waals surface area contributed by atoms with Gasteiger partial charge in [-0.1, -0.05) is 36.4 Å². The number of nitrogens with one attached hydrogen (secondary N) is 1. The molecular formula is C14H20ClN. The third-order valence-corrected chi connectivity index (χ3v) is 2.78. The normalized spacial score (nSPS) is 11.8. The van der Waals surface area contributed by atoms with Crippen molar-refractivity contribution in [2.45, 2.75) is 19.3 Å². The molecule has 0 heterocycles. The van der Waals surface area contributed by atoms with Crippen LogP contribution in [0.3, 0.4) is 0 Å². The fraction of sp³-hybridized carbons (Fsp3) is 0.429. The van der Waals surface area contributed by atoms with E-state index in [1.807, 2.05) is 7.05 Å². The van der Waals surface area contributed by atoms with E-state index >= 15 is 0 Å². The van der Waals surface area contributed by atoms with Gasteiger partial charge in [0.05, 0.1) is 0 Å². The average Bonchev–Trinajstić information content (AvgIpc) is 2.35. The Balaban J connectivity index is 2.67. The van der Waals surface area contributed by atoms with E-state index in [0.717, 1.165) is 31.7 Å². The summed E-state index contributed by atoms with van der Waals surface area (Å²) in [5, 5.41) is 3.16. The number of hydrogen-bond acceptors (Lipinski definition) is 1. The van der Waals surface area contributed by atoms with Crippen molar-refractivity contribution < 1.29 is 0 Å². The van der Waals surface area contributed by atoms with Crippen molar-refractivity contribution in [3.63, 3.8) is 0 Å². The van der Waals surface area contributed by atoms with Crippen molar-refractivity contribution in [2.75, 3.05) is 19.5 Å². The van der Waals surface area contributed by atoms with Gasteiger partial charge in [-0.2, -0.15) is 0 Å². The minimum Gasteiger partial charge on any atom is -0.319 e. The van der Waals surface area contributed by atoms with Crippen molar-refractivity contribution in [3.05, 3.63) is 42.0 Å². The van der Waals surface area contributed by atoms with Gasteiger partial charge in [0.2, 0.25) is 0 Å². The molecule has 0 aliphatic heterocycles. The van der Waals surface area contributed by atoms with Gasteiger partial charge in [0, 0.05) is 5.88 Å². The van der Waals surface area contributed by atoms with Crippen LogP contribution in [-0.2, 0) is 0 Å². The largest absolute Gasteiger partial charge is 0.319 e. The van der Waals surface area contributed by atoms with E-state index in [1.165, 1.54) is 11.1 Å². The molecule has 0 spiro atoms. The van der Waals surface area contributed by atoms with Gasteiger partial charge in [0.25, 0.3) is 0 Å². The van der Waals surface area contributed by atoms with Crippen LogP contribution in [0.4, 0.5) is 0 Å². The Hall–Kier alpha value is -0.790. The second kappa shape index (κ2) is 8.37. The molecule has 1 aromatic carbocycles. The Morgan fingerprint density at radius 2 is 2.06 bits per heavy atom. The summed E-state index contributed by atoms with van der Waals surface area (Å²) in [5.74, 6) is 0.732. The number of benzene rings is 1. The van der Waals surface area contributed by atoms with E-state index in [-0.39, 0.29) is 0 Å². The van der Waals surface area contributed by atoms with Gasteiger partial charge in [-0.05, 0) is 44.0 Å². The van der Waals surface area contributed by atoms with Crippen LogP contribution in [-0.4, -0.2) is 19.5 Å². The molecule has 0 saturated carbocycles. The van der Waals surface area contributed by atoms with Gasteiger partial charge < -0.3 is 5.32 Å². The zero-order valence-corrected chi connectivity index (χ0v) is 10.6. The van der Waals surface area contributed by atoms with E-state index in [0.29, 0.717) is 0 Å². The quantitative estimate of drug-likeness (QED) is 0.563. The lowest BCUT2D eigenvalue weighted by molar-refractivity contribution is 0.806. The number of halogens is 1. The fourth-order valence-corrected chi connectivity index (χ4v) is 1.80. The summed E-state index contributed by atoms with van der Waals surface area (Å²) in [5.41, 5.74) is 2.74. The SMILES string of the molecule is CNCCC=C(CCCCl)c1ccccc1. The predicted octanol–water partition coefficient (Wildman–Crippen LogP) is 3.70. The second-order valence-corrected chi connectivity index (χ2v) is 4.16. The van der Waals surface area contributed by atoms with Crippen molar-refractivity contribution in [2.24, 2.45) is 0 Å². The maximum Gasteiger partial charge on any atom is 0.0226 e. The summed E-state index contributed by atoms with van der Waals surface area (Å²) < 4.78 is 0. The average molecular weight is 238 g/mol. The number of allylic oxidation sites excluding steroid dienone is 1. The molecule has 0 unspecified atom stereocenters. The molecule has 0 fully saturated rings. The van der Waals surface area contributed by atoms with Crippen LogP contribution in [0.15, 0.2) is 36.4 Å². The van der Waals surface area contributed by atoms with Crippen molar-refractivity contribution >= 4 is 17.2 Å². The first kappa shape index (κ1) is 13.3. The highest BCUT2D eigenvalue weighted by atomic mass is 35.5. The summed E-state index contributed by atoms with van der Waals surface area (Å²) in [6, 6.07) is 10.6. The van der Waals surface area contributed by atoms with E-state index in [1.54, 1.807) is 0 Å². The Morgan fingerprint density at radius 1 is 1.31 bits per heavy atom. The molecule has 0 aliphatic rings. The van der Waals surface area contributed by atoms with Crippen LogP contribution in [0, 0.1) is 0 Å². The lowest BCUT2D eigenvalue weighted by atomic mass is 10.0. The smallest absolute Gasteiger partial charge is 0.0226 e. The molecular weight excluding hydrogens is 218 g/mol. The number of rotatable bonds is 7. The molecule has 0 bridgehead atoms. The predicted molar refractivity (Wildman–Crippen MR) is 72.9 cm³/mol. The van der Waals surface area contributed by atoms with Crippen LogP contribution in [0.5, 0.6) is 0 Å². The minimum atomic E-state index is 0.732. The topological polar surface area (TPSA) is 12.0 Å². The summed E-state index contributed by atoms with van der Waals surface area (Å²) in [4.78, 5) is 0. The zero-order chi connectivity index (χ0) is 11.6. The first-order chi connectivity index (χ1) is 7.88. The van der Waals surface area contributed by atoms with Crippen molar-refractivity contribution in [1.82, 2.24) is 5.32 Å². The molecule has 0 radical (unpaired) electrons. The minimum absolute atomic E-state index is 0.732. The molecule has 1 nitrogen and oxygen atoms in total. The first-order valence-electron chi connectivity index (χ1n) is 5.83. The van der Waals surface area contributed by atoms with Gasteiger partial charge in [-0.25, -0.2) is 0 Å². The highest BCUT2D eigenvalue weighted by Gasteiger charge is 2.00. The van der Waals surface area contributed by atoms with E-state index < -0.39 is 0 Å². The Labute approximate surface area is 104 Å². The number of hydrogen-bond donors (Lipinski definition) is 1. The van der Waals surface area contributed by atoms with Crippen molar-refractivity contribution in [3.8, 4) is 0 Å². The summed E-state index contributed by atoms with van der Waals surface area (Å²) >= 11 is 5.75. The molecule has 1 aromatic rings. The van der Waals surface area contributed by atoms with Crippen LogP contribution in [0.1, 0.15) is 24.8 Å². The number of alkyl halides is 1. The molecule has 88 valence electrons. The Bertz CT molecular complexity index is 306. The molecule has 16 heavy (non-hydrogen) atoms. The van der Waals surface area contributed by atoms with E-state index in [2.05, 4.69) is 41.7 Å². The van der Waals surface area contributed by atoms with Crippen LogP contribution in [0.25, 0.3) is 5.57 Å². The Kier molecular flexibility index (Phi) is 6.95. The molecule has 1 N–H and O–H groups in total. The van der Waals surface area contributed by atoms with E-state index in [4.69, 9.17) is 11.6 Å². The zero-order valence-electron chi connectivity index (χ0n) is 9.88. The molecule has 2 heteroatoms. The monoisotopic (exact) mass is 237 g/mol. The van der Waals surface area contributed by atoms with Gasteiger partial charge >= 0.3 is 0 Å². The Morgan fingerprint density at radius 3 is 2.69 bits per heavy atom. The summed E-state index contributed by atoms with van der Waals surface area (Å²) in [6.45, 7) is 1.03. The van der Waals surface area contributed by atoms with E-state index in [9.17, 15) is 0 Å². The van der Waals surface area contributed by atoms with Gasteiger partial charge in [-0.15, -0.1) is 11.6 Å². The lowest BCUT2D eigenvalue weighted by Gasteiger charge is -2.07. The van der Waals surface area contributed by atoms with Crippen LogP contribution >= 0.6 is 11.6 Å². The van der Waals surface area contributed by atoms with Crippen LogP contribution < -0.4 is 5.32 Å². The van der Waals surface area contributed by atoms with Gasteiger partial charge in [-0.3, -0.25) is 0 Å². The molecule has 0 aliphatic carbocycles. The first-order valence-corrected chi connectivity index (χ1v) is 6.37. The molecule has 0 atom stereocenters. The maximum atomic E-state index is 5.75. The molecule has 0 aromatic heterocycles. The third-order valence-electron chi connectivity index (χ3n) is 2.51. The molecule has 1 rings (SSSR count). The lowest BCUT2D eigenvalue weighted by Crippen LogP contribution is -2.06. The fourth-order valence-electron chi connectivity index (χ4n) is 1.66. The highest BCUT2D eigenvalue weighted by molar-refractivity contribution is 6.17. The summed E-state index contributed by atoms with van der Waals surface area (Å²) in [7, 11) is 1.98. The van der Waals surface area contributed by atoms with Gasteiger partial charge in [0.1, 0.15) is 0 Å². The maximum absolute atomic E-state index is 5.75. The van der Waals surface area contributed by atoms with Crippen LogP contribution in [0.2, 0.25) is 0 Å². The molecule has 0 saturated heterocycles. The van der Waals surface area contributed by atoms with Gasteiger partial charge in [0.15, 0.2) is 0 Å².